The first-order valence-electron chi connectivity index (χ1n) is 10.3. The van der Waals surface area contributed by atoms with Crippen LogP contribution < -0.4 is 14.8 Å². The Kier molecular flexibility index (Phi) is 8.35. The molecule has 1 N–H and O–H groups in total. The van der Waals surface area contributed by atoms with Crippen LogP contribution in [-0.4, -0.2) is 35.8 Å². The molecule has 2 aromatic heterocycles. The first-order chi connectivity index (χ1) is 15.1. The van der Waals surface area contributed by atoms with Gasteiger partial charge in [-0.2, -0.15) is 0 Å². The van der Waals surface area contributed by atoms with Crippen LogP contribution >= 0.6 is 11.8 Å². The first-order valence-corrected chi connectivity index (χ1v) is 11.3. The van der Waals surface area contributed by atoms with E-state index in [9.17, 15) is 4.79 Å². The molecule has 0 saturated heterocycles. The van der Waals surface area contributed by atoms with Crippen LogP contribution in [0, 0.1) is 6.92 Å². The largest absolute Gasteiger partial charge is 0.490 e. The zero-order chi connectivity index (χ0) is 22.1. The molecule has 0 radical (unpaired) electrons. The minimum Gasteiger partial charge on any atom is -0.490 e. The number of thioether (sulfide) groups is 1. The third-order valence-electron chi connectivity index (χ3n) is 4.36. The van der Waals surface area contributed by atoms with Gasteiger partial charge in [-0.05, 0) is 57.0 Å². The zero-order valence-corrected chi connectivity index (χ0v) is 18.8. The molecule has 2 heterocycles. The van der Waals surface area contributed by atoms with Gasteiger partial charge in [-0.15, -0.1) is 0 Å². The Hall–Kier alpha value is -3.00. The molecule has 0 fully saturated rings. The van der Waals surface area contributed by atoms with Crippen LogP contribution in [0.15, 0.2) is 52.1 Å². The SMILES string of the molecule is CCOc1ccc(CCNC(=O)c2cccnc2SCc2cc(C)on2)cc1OCC. The summed E-state index contributed by atoms with van der Waals surface area (Å²) in [5.41, 5.74) is 2.43. The molecule has 0 saturated carbocycles. The number of nitrogens with one attached hydrogen (secondary N) is 1. The standard InChI is InChI=1S/C23H27N3O4S/c1-4-28-20-9-8-17(14-21(20)29-5-2)10-12-24-22(27)19-7-6-11-25-23(19)31-15-18-13-16(3)30-26-18/h6-9,11,13-14H,4-5,10,12,15H2,1-3H3,(H,24,27). The average molecular weight is 442 g/mol. The zero-order valence-electron chi connectivity index (χ0n) is 18.0. The second kappa shape index (κ2) is 11.4. The predicted molar refractivity (Wildman–Crippen MR) is 120 cm³/mol. The number of aryl methyl sites for hydroxylation is 1. The van der Waals surface area contributed by atoms with Crippen molar-refractivity contribution in [1.82, 2.24) is 15.5 Å². The molecule has 7 nitrogen and oxygen atoms in total. The average Bonchev–Trinajstić information content (AvgIpc) is 3.19. The number of aromatic nitrogens is 2. The van der Waals surface area contributed by atoms with Crippen molar-refractivity contribution in [2.24, 2.45) is 0 Å². The Bertz CT molecular complexity index is 1010. The van der Waals surface area contributed by atoms with Crippen molar-refractivity contribution >= 4 is 17.7 Å². The van der Waals surface area contributed by atoms with Crippen LogP contribution in [0.25, 0.3) is 0 Å². The van der Waals surface area contributed by atoms with Crippen LogP contribution in [0.4, 0.5) is 0 Å². The van der Waals surface area contributed by atoms with Crippen molar-refractivity contribution < 1.29 is 18.8 Å². The molecule has 0 aliphatic rings. The minimum absolute atomic E-state index is 0.150. The number of ether oxygens (including phenoxy) is 2. The fourth-order valence-corrected chi connectivity index (χ4v) is 3.85. The number of carbonyl (C=O) groups excluding carboxylic acids is 1. The lowest BCUT2D eigenvalue weighted by molar-refractivity contribution is 0.0950. The van der Waals surface area contributed by atoms with Crippen LogP contribution in [0.2, 0.25) is 0 Å². The Morgan fingerprint density at radius 1 is 1.13 bits per heavy atom. The third-order valence-corrected chi connectivity index (χ3v) is 5.40. The predicted octanol–water partition coefficient (Wildman–Crippen LogP) is 4.44. The lowest BCUT2D eigenvalue weighted by Crippen LogP contribution is -2.26. The summed E-state index contributed by atoms with van der Waals surface area (Å²) in [6.07, 6.45) is 2.36. The monoisotopic (exact) mass is 441 g/mol. The fourth-order valence-electron chi connectivity index (χ4n) is 2.97. The summed E-state index contributed by atoms with van der Waals surface area (Å²) in [5.74, 6) is 2.65. The lowest BCUT2D eigenvalue weighted by Gasteiger charge is -2.13. The molecule has 3 rings (SSSR count). The maximum absolute atomic E-state index is 12.7. The summed E-state index contributed by atoms with van der Waals surface area (Å²) in [6.45, 7) is 7.38. The minimum atomic E-state index is -0.150. The molecule has 1 amide bonds. The van der Waals surface area contributed by atoms with Crippen LogP contribution in [0.1, 0.15) is 41.2 Å². The number of hydrogen-bond donors (Lipinski definition) is 1. The van der Waals surface area contributed by atoms with E-state index in [1.54, 1.807) is 18.3 Å². The highest BCUT2D eigenvalue weighted by Gasteiger charge is 2.14. The number of pyridine rings is 1. The maximum atomic E-state index is 12.7. The smallest absolute Gasteiger partial charge is 0.254 e. The second-order valence-electron chi connectivity index (χ2n) is 6.73. The van der Waals surface area contributed by atoms with E-state index in [1.807, 2.05) is 45.0 Å². The van der Waals surface area contributed by atoms with Gasteiger partial charge in [-0.3, -0.25) is 4.79 Å². The number of nitrogens with zero attached hydrogens (tertiary/aromatic N) is 2. The van der Waals surface area contributed by atoms with Gasteiger partial charge in [0, 0.05) is 24.6 Å². The quantitative estimate of drug-likeness (QED) is 0.440. The van der Waals surface area contributed by atoms with E-state index in [1.165, 1.54) is 11.8 Å². The van der Waals surface area contributed by atoms with Gasteiger partial charge < -0.3 is 19.3 Å². The Balaban J connectivity index is 1.58. The molecule has 0 bridgehead atoms. The Morgan fingerprint density at radius 2 is 1.94 bits per heavy atom. The highest BCUT2D eigenvalue weighted by atomic mass is 32.2. The van der Waals surface area contributed by atoms with Gasteiger partial charge in [0.15, 0.2) is 11.5 Å². The van der Waals surface area contributed by atoms with E-state index in [0.717, 1.165) is 28.5 Å². The van der Waals surface area contributed by atoms with E-state index >= 15 is 0 Å². The van der Waals surface area contributed by atoms with Crippen molar-refractivity contribution in [3.05, 3.63) is 65.2 Å². The summed E-state index contributed by atoms with van der Waals surface area (Å²) < 4.78 is 16.4. The number of rotatable bonds is 11. The summed E-state index contributed by atoms with van der Waals surface area (Å²) >= 11 is 1.46. The topological polar surface area (TPSA) is 86.5 Å². The third kappa shape index (κ3) is 6.49. The molecule has 0 unspecified atom stereocenters. The van der Waals surface area contributed by atoms with E-state index < -0.39 is 0 Å². The molecule has 8 heteroatoms. The molecular formula is C23H27N3O4S. The van der Waals surface area contributed by atoms with Gasteiger partial charge in [0.25, 0.3) is 5.91 Å². The van der Waals surface area contributed by atoms with E-state index in [0.29, 0.717) is 42.5 Å². The van der Waals surface area contributed by atoms with Gasteiger partial charge in [0.1, 0.15) is 10.8 Å². The van der Waals surface area contributed by atoms with Crippen molar-refractivity contribution in [3.8, 4) is 11.5 Å². The summed E-state index contributed by atoms with van der Waals surface area (Å²) in [5, 5.41) is 7.63. The lowest BCUT2D eigenvalue weighted by atomic mass is 10.1. The normalized spacial score (nSPS) is 10.7. The Morgan fingerprint density at radius 3 is 2.68 bits per heavy atom. The fraction of sp³-hybridized carbons (Fsp3) is 0.348. The van der Waals surface area contributed by atoms with Crippen LogP contribution in [-0.2, 0) is 12.2 Å². The molecule has 3 aromatic rings. The first kappa shape index (κ1) is 22.7. The van der Waals surface area contributed by atoms with Crippen molar-refractivity contribution in [2.75, 3.05) is 19.8 Å². The molecule has 31 heavy (non-hydrogen) atoms. The van der Waals surface area contributed by atoms with E-state index in [2.05, 4.69) is 15.5 Å². The van der Waals surface area contributed by atoms with Gasteiger partial charge in [0.05, 0.1) is 24.5 Å². The molecule has 0 aliphatic heterocycles. The molecule has 1 aromatic carbocycles. The number of carbonyl (C=O) groups is 1. The highest BCUT2D eigenvalue weighted by molar-refractivity contribution is 7.98. The molecule has 0 aliphatic carbocycles. The summed E-state index contributed by atoms with van der Waals surface area (Å²) in [6, 6.07) is 11.3. The molecular weight excluding hydrogens is 414 g/mol. The summed E-state index contributed by atoms with van der Waals surface area (Å²) in [7, 11) is 0. The maximum Gasteiger partial charge on any atom is 0.254 e. The number of amides is 1. The van der Waals surface area contributed by atoms with Gasteiger partial charge >= 0.3 is 0 Å². The summed E-state index contributed by atoms with van der Waals surface area (Å²) in [4.78, 5) is 17.1. The van der Waals surface area contributed by atoms with Crippen molar-refractivity contribution in [2.45, 2.75) is 38.0 Å². The highest BCUT2D eigenvalue weighted by Crippen LogP contribution is 2.29. The molecule has 0 spiro atoms. The van der Waals surface area contributed by atoms with Crippen molar-refractivity contribution in [1.29, 1.82) is 0 Å². The molecule has 164 valence electrons. The molecule has 0 atom stereocenters. The number of benzene rings is 1. The second-order valence-corrected chi connectivity index (χ2v) is 7.69. The van der Waals surface area contributed by atoms with Gasteiger partial charge in [-0.1, -0.05) is 23.0 Å². The Labute approximate surface area is 186 Å². The van der Waals surface area contributed by atoms with Gasteiger partial charge in [-0.25, -0.2) is 4.98 Å². The van der Waals surface area contributed by atoms with Crippen LogP contribution in [0.3, 0.4) is 0 Å². The van der Waals surface area contributed by atoms with Crippen LogP contribution in [0.5, 0.6) is 11.5 Å². The van der Waals surface area contributed by atoms with E-state index in [-0.39, 0.29) is 5.91 Å². The van der Waals surface area contributed by atoms with Crippen molar-refractivity contribution in [3.63, 3.8) is 0 Å². The van der Waals surface area contributed by atoms with E-state index in [4.69, 9.17) is 14.0 Å². The van der Waals surface area contributed by atoms with Gasteiger partial charge in [0.2, 0.25) is 0 Å². The number of hydrogen-bond acceptors (Lipinski definition) is 7.